The topological polar surface area (TPSA) is 72.3 Å². The van der Waals surface area contributed by atoms with Gasteiger partial charge in [0.15, 0.2) is 0 Å². The molecule has 1 rings (SSSR count). The first-order valence-corrected chi connectivity index (χ1v) is 5.43. The summed E-state index contributed by atoms with van der Waals surface area (Å²) >= 11 is 0. The molecule has 0 spiro atoms. The van der Waals surface area contributed by atoms with Gasteiger partial charge in [0.2, 0.25) is 0 Å². The number of nitrogens with zero attached hydrogens (tertiary/aromatic N) is 1. The normalized spacial score (nSPS) is 12.1. The van der Waals surface area contributed by atoms with E-state index in [2.05, 4.69) is 0 Å². The van der Waals surface area contributed by atoms with Crippen molar-refractivity contribution in [3.8, 4) is 0 Å². The van der Waals surface area contributed by atoms with Crippen molar-refractivity contribution in [1.29, 1.82) is 0 Å². The quantitative estimate of drug-likeness (QED) is 0.777. The second-order valence-corrected chi connectivity index (χ2v) is 4.00. The highest BCUT2D eigenvalue weighted by atomic mass is 16.2. The summed E-state index contributed by atoms with van der Waals surface area (Å²) in [5, 5.41) is 0. The van der Waals surface area contributed by atoms with Crippen LogP contribution in [0.2, 0.25) is 0 Å². The maximum Gasteiger partial charge on any atom is 0.314 e. The van der Waals surface area contributed by atoms with Crippen LogP contribution in [0.3, 0.4) is 0 Å². The minimum atomic E-state index is -0.409. The van der Waals surface area contributed by atoms with Crippen LogP contribution in [0.25, 0.3) is 0 Å². The zero-order chi connectivity index (χ0) is 12.0. The molecule has 0 fully saturated rings. The molecule has 0 radical (unpaired) electrons. The van der Waals surface area contributed by atoms with Crippen LogP contribution in [0.15, 0.2) is 30.3 Å². The highest BCUT2D eigenvalue weighted by Gasteiger charge is 2.10. The van der Waals surface area contributed by atoms with Gasteiger partial charge >= 0.3 is 6.03 Å². The van der Waals surface area contributed by atoms with Crippen LogP contribution in [-0.4, -0.2) is 30.1 Å². The minimum Gasteiger partial charge on any atom is -0.351 e. The summed E-state index contributed by atoms with van der Waals surface area (Å²) in [6.07, 6.45) is 0.802. The Morgan fingerprint density at radius 1 is 1.38 bits per heavy atom. The largest absolute Gasteiger partial charge is 0.351 e. The number of rotatable bonds is 5. The molecule has 1 atom stereocenters. The van der Waals surface area contributed by atoms with E-state index in [4.69, 9.17) is 11.5 Å². The SMILES string of the molecule is CC(N)CN(CCc1ccccc1)C(N)=O. The third-order valence-electron chi connectivity index (χ3n) is 2.33. The number of urea groups is 1. The molecule has 0 heterocycles. The molecule has 2 amide bonds. The summed E-state index contributed by atoms with van der Waals surface area (Å²) in [4.78, 5) is 12.7. The molecule has 4 heteroatoms. The van der Waals surface area contributed by atoms with Crippen LogP contribution in [0, 0.1) is 0 Å². The van der Waals surface area contributed by atoms with Gasteiger partial charge in [-0.05, 0) is 18.9 Å². The third-order valence-corrected chi connectivity index (χ3v) is 2.33. The maximum absolute atomic E-state index is 11.1. The van der Waals surface area contributed by atoms with Crippen LogP contribution in [-0.2, 0) is 6.42 Å². The average molecular weight is 221 g/mol. The summed E-state index contributed by atoms with van der Waals surface area (Å²) in [6, 6.07) is 9.54. The van der Waals surface area contributed by atoms with Crippen molar-refractivity contribution in [3.05, 3.63) is 35.9 Å². The van der Waals surface area contributed by atoms with E-state index < -0.39 is 6.03 Å². The van der Waals surface area contributed by atoms with Crippen LogP contribution in [0.5, 0.6) is 0 Å². The second kappa shape index (κ2) is 6.12. The number of nitrogens with two attached hydrogens (primary N) is 2. The molecule has 1 unspecified atom stereocenters. The smallest absolute Gasteiger partial charge is 0.314 e. The van der Waals surface area contributed by atoms with Gasteiger partial charge in [-0.2, -0.15) is 0 Å². The van der Waals surface area contributed by atoms with Crippen molar-refractivity contribution in [3.63, 3.8) is 0 Å². The van der Waals surface area contributed by atoms with Gasteiger partial charge in [0.05, 0.1) is 0 Å². The van der Waals surface area contributed by atoms with Gasteiger partial charge in [0.1, 0.15) is 0 Å². The van der Waals surface area contributed by atoms with E-state index in [1.807, 2.05) is 37.3 Å². The zero-order valence-corrected chi connectivity index (χ0v) is 9.60. The molecule has 4 nitrogen and oxygen atoms in total. The fourth-order valence-corrected chi connectivity index (χ4v) is 1.55. The molecule has 0 bridgehead atoms. The lowest BCUT2D eigenvalue weighted by molar-refractivity contribution is 0.205. The molecule has 0 aliphatic rings. The lowest BCUT2D eigenvalue weighted by Crippen LogP contribution is -2.43. The van der Waals surface area contributed by atoms with Crippen LogP contribution in [0.1, 0.15) is 12.5 Å². The molecule has 88 valence electrons. The number of primary amides is 1. The molecule has 16 heavy (non-hydrogen) atoms. The Kier molecular flexibility index (Phi) is 4.79. The molecule has 0 aromatic heterocycles. The summed E-state index contributed by atoms with van der Waals surface area (Å²) in [5.41, 5.74) is 12.1. The van der Waals surface area contributed by atoms with Gasteiger partial charge in [0.25, 0.3) is 0 Å². The van der Waals surface area contributed by atoms with E-state index >= 15 is 0 Å². The van der Waals surface area contributed by atoms with E-state index in [-0.39, 0.29) is 6.04 Å². The highest BCUT2D eigenvalue weighted by molar-refractivity contribution is 5.72. The monoisotopic (exact) mass is 221 g/mol. The first-order chi connectivity index (χ1) is 7.59. The first-order valence-electron chi connectivity index (χ1n) is 5.43. The van der Waals surface area contributed by atoms with E-state index in [9.17, 15) is 4.79 Å². The fourth-order valence-electron chi connectivity index (χ4n) is 1.55. The predicted molar refractivity (Wildman–Crippen MR) is 65.0 cm³/mol. The fraction of sp³-hybridized carbons (Fsp3) is 0.417. The van der Waals surface area contributed by atoms with Crippen LogP contribution >= 0.6 is 0 Å². The Morgan fingerprint density at radius 2 is 2.00 bits per heavy atom. The summed E-state index contributed by atoms with van der Waals surface area (Å²) < 4.78 is 0. The van der Waals surface area contributed by atoms with Crippen LogP contribution < -0.4 is 11.5 Å². The molecule has 0 saturated carbocycles. The Hall–Kier alpha value is -1.55. The Balaban J connectivity index is 2.47. The summed E-state index contributed by atoms with van der Waals surface area (Å²) in [6.45, 7) is 2.97. The van der Waals surface area contributed by atoms with Crippen molar-refractivity contribution in [2.24, 2.45) is 11.5 Å². The highest BCUT2D eigenvalue weighted by Crippen LogP contribution is 2.01. The number of carbonyl (C=O) groups is 1. The van der Waals surface area contributed by atoms with Gasteiger partial charge in [0, 0.05) is 19.1 Å². The van der Waals surface area contributed by atoms with E-state index in [0.717, 1.165) is 6.42 Å². The second-order valence-electron chi connectivity index (χ2n) is 4.00. The number of hydrogen-bond acceptors (Lipinski definition) is 2. The molecular weight excluding hydrogens is 202 g/mol. The van der Waals surface area contributed by atoms with Crippen molar-refractivity contribution in [2.45, 2.75) is 19.4 Å². The number of hydrogen-bond donors (Lipinski definition) is 2. The van der Waals surface area contributed by atoms with Gasteiger partial charge in [-0.25, -0.2) is 4.79 Å². The van der Waals surface area contributed by atoms with Crippen molar-refractivity contribution in [1.82, 2.24) is 4.90 Å². The molecule has 0 aliphatic carbocycles. The van der Waals surface area contributed by atoms with E-state index in [0.29, 0.717) is 13.1 Å². The summed E-state index contributed by atoms with van der Waals surface area (Å²) in [7, 11) is 0. The van der Waals surface area contributed by atoms with E-state index in [1.165, 1.54) is 5.56 Å². The molecule has 0 saturated heterocycles. The lowest BCUT2D eigenvalue weighted by atomic mass is 10.1. The first kappa shape index (κ1) is 12.5. The molecule has 1 aromatic rings. The van der Waals surface area contributed by atoms with Gasteiger partial charge in [-0.15, -0.1) is 0 Å². The Labute approximate surface area is 96.2 Å². The molecular formula is C12H19N3O. The number of amides is 2. The van der Waals surface area contributed by atoms with Crippen molar-refractivity contribution < 1.29 is 4.79 Å². The maximum atomic E-state index is 11.1. The van der Waals surface area contributed by atoms with Gasteiger partial charge < -0.3 is 16.4 Å². The standard InChI is InChI=1S/C12H19N3O/c1-10(13)9-15(12(14)16)8-7-11-5-3-2-4-6-11/h2-6,10H,7-9,13H2,1H3,(H2,14,16). The van der Waals surface area contributed by atoms with Crippen LogP contribution in [0.4, 0.5) is 4.79 Å². The number of carbonyl (C=O) groups excluding carboxylic acids is 1. The van der Waals surface area contributed by atoms with Crippen molar-refractivity contribution >= 4 is 6.03 Å². The molecule has 0 aliphatic heterocycles. The van der Waals surface area contributed by atoms with Crippen molar-refractivity contribution in [2.75, 3.05) is 13.1 Å². The predicted octanol–water partition coefficient (Wildman–Crippen LogP) is 0.957. The van der Waals surface area contributed by atoms with E-state index in [1.54, 1.807) is 4.90 Å². The molecule has 4 N–H and O–H groups in total. The molecule has 1 aromatic carbocycles. The average Bonchev–Trinajstić information content (AvgIpc) is 2.25. The minimum absolute atomic E-state index is 0.0525. The third kappa shape index (κ3) is 4.31. The number of benzene rings is 1. The lowest BCUT2D eigenvalue weighted by Gasteiger charge is -2.22. The van der Waals surface area contributed by atoms with Gasteiger partial charge in [-0.3, -0.25) is 0 Å². The summed E-state index contributed by atoms with van der Waals surface area (Å²) in [5.74, 6) is 0. The Morgan fingerprint density at radius 3 is 2.50 bits per heavy atom. The zero-order valence-electron chi connectivity index (χ0n) is 9.60. The Bertz CT molecular complexity index is 324. The van der Waals surface area contributed by atoms with Gasteiger partial charge in [-0.1, -0.05) is 30.3 Å².